The number of anilines is 2. The van der Waals surface area contributed by atoms with Crippen molar-refractivity contribution in [1.29, 1.82) is 0 Å². The van der Waals surface area contributed by atoms with Crippen molar-refractivity contribution >= 4 is 34.2 Å². The minimum atomic E-state index is -0.520. The van der Waals surface area contributed by atoms with Crippen LogP contribution in [-0.4, -0.2) is 22.6 Å². The Morgan fingerprint density at radius 2 is 1.80 bits per heavy atom. The van der Waals surface area contributed by atoms with Gasteiger partial charge in [-0.25, -0.2) is 9.78 Å². The Morgan fingerprint density at radius 1 is 1.12 bits per heavy atom. The van der Waals surface area contributed by atoms with E-state index in [1.54, 1.807) is 0 Å². The Kier molecular flexibility index (Phi) is 6.14. The minimum absolute atomic E-state index is 0.117. The van der Waals surface area contributed by atoms with Gasteiger partial charge in [-0.1, -0.05) is 12.1 Å². The Bertz CT molecular complexity index is 733. The summed E-state index contributed by atoms with van der Waals surface area (Å²) in [5.41, 5.74) is 2.27. The summed E-state index contributed by atoms with van der Waals surface area (Å²) in [6.45, 7) is 6.94. The number of thiazole rings is 1. The molecule has 0 fully saturated rings. The van der Waals surface area contributed by atoms with E-state index in [1.807, 2.05) is 50.4 Å². The van der Waals surface area contributed by atoms with Gasteiger partial charge in [0.2, 0.25) is 5.91 Å². The number of rotatable bonds is 5. The average Bonchev–Trinajstić information content (AvgIpc) is 2.91. The zero-order valence-corrected chi connectivity index (χ0v) is 15.7. The number of amides is 2. The van der Waals surface area contributed by atoms with Crippen LogP contribution in [0.4, 0.5) is 15.6 Å². The van der Waals surface area contributed by atoms with Crippen molar-refractivity contribution in [3.05, 3.63) is 40.9 Å². The van der Waals surface area contributed by atoms with Gasteiger partial charge in [0.25, 0.3) is 0 Å². The summed E-state index contributed by atoms with van der Waals surface area (Å²) in [7, 11) is 0. The van der Waals surface area contributed by atoms with E-state index in [2.05, 4.69) is 15.6 Å². The fourth-order valence-electron chi connectivity index (χ4n) is 2.08. The maximum absolute atomic E-state index is 11.7. The molecule has 2 rings (SSSR count). The highest BCUT2D eigenvalue weighted by atomic mass is 32.1. The highest BCUT2D eigenvalue weighted by Crippen LogP contribution is 2.18. The molecule has 1 heterocycles. The van der Waals surface area contributed by atoms with Crippen molar-refractivity contribution in [2.45, 2.75) is 46.1 Å². The van der Waals surface area contributed by atoms with Gasteiger partial charge in [-0.2, -0.15) is 0 Å². The Hall–Kier alpha value is -2.41. The summed E-state index contributed by atoms with van der Waals surface area (Å²) in [6, 6.07) is 7.63. The van der Waals surface area contributed by atoms with Gasteiger partial charge in [0.15, 0.2) is 5.13 Å². The molecular weight excluding hydrogens is 338 g/mol. The third-order valence-corrected chi connectivity index (χ3v) is 3.91. The molecule has 0 saturated carbocycles. The number of hydrogen-bond donors (Lipinski definition) is 2. The van der Waals surface area contributed by atoms with Crippen LogP contribution in [0.2, 0.25) is 0 Å². The second-order valence-corrected chi connectivity index (χ2v) is 7.51. The van der Waals surface area contributed by atoms with Crippen molar-refractivity contribution in [3.63, 3.8) is 0 Å². The second kappa shape index (κ2) is 8.11. The van der Waals surface area contributed by atoms with Crippen molar-refractivity contribution in [3.8, 4) is 0 Å². The Morgan fingerprint density at radius 3 is 2.40 bits per heavy atom. The number of aromatic nitrogens is 1. The molecule has 0 bridgehead atoms. The number of ether oxygens (including phenoxy) is 1. The summed E-state index contributed by atoms with van der Waals surface area (Å²) in [5, 5.41) is 7.96. The molecule has 0 aliphatic carbocycles. The van der Waals surface area contributed by atoms with Crippen LogP contribution in [0.15, 0.2) is 29.6 Å². The molecule has 2 N–H and O–H groups in total. The molecule has 0 aliphatic heterocycles. The maximum Gasteiger partial charge on any atom is 0.412 e. The summed E-state index contributed by atoms with van der Waals surface area (Å²) < 4.78 is 5.22. The van der Waals surface area contributed by atoms with Gasteiger partial charge in [0.1, 0.15) is 5.60 Å². The van der Waals surface area contributed by atoms with Crippen LogP contribution < -0.4 is 10.6 Å². The standard InChI is InChI=1S/C18H23N3O3S/c1-12(22)19-16-20-15(11-25-16)10-7-13-5-8-14(9-6-13)21-17(23)24-18(2,3)4/h5-6,8-9,11H,7,10H2,1-4H3,(H,21,23)(H,19,20,22). The fourth-order valence-corrected chi connectivity index (χ4v) is 2.87. The van der Waals surface area contributed by atoms with Gasteiger partial charge in [-0.05, 0) is 51.3 Å². The maximum atomic E-state index is 11.7. The van der Waals surface area contributed by atoms with E-state index in [1.165, 1.54) is 18.3 Å². The molecule has 0 radical (unpaired) electrons. The predicted molar refractivity (Wildman–Crippen MR) is 100 cm³/mol. The first kappa shape index (κ1) is 18.9. The first-order valence-corrected chi connectivity index (χ1v) is 8.90. The monoisotopic (exact) mass is 361 g/mol. The molecule has 0 aliphatic rings. The normalized spacial score (nSPS) is 11.0. The van der Waals surface area contributed by atoms with E-state index in [0.717, 1.165) is 24.1 Å². The third-order valence-electron chi connectivity index (χ3n) is 3.10. The second-order valence-electron chi connectivity index (χ2n) is 6.65. The molecule has 2 amide bonds. The quantitative estimate of drug-likeness (QED) is 0.835. The fraction of sp³-hybridized carbons (Fsp3) is 0.389. The van der Waals surface area contributed by atoms with Crippen LogP contribution in [0.5, 0.6) is 0 Å². The molecule has 0 unspecified atom stereocenters. The largest absolute Gasteiger partial charge is 0.444 e. The molecule has 0 saturated heterocycles. The zero-order valence-electron chi connectivity index (χ0n) is 14.9. The summed E-state index contributed by atoms with van der Waals surface area (Å²) in [5.74, 6) is -0.117. The Balaban J connectivity index is 1.85. The van der Waals surface area contributed by atoms with Crippen LogP contribution >= 0.6 is 11.3 Å². The van der Waals surface area contributed by atoms with E-state index in [4.69, 9.17) is 4.74 Å². The lowest BCUT2D eigenvalue weighted by Crippen LogP contribution is -2.27. The van der Waals surface area contributed by atoms with Crippen LogP contribution in [0, 0.1) is 0 Å². The smallest absolute Gasteiger partial charge is 0.412 e. The number of nitrogens with zero attached hydrogens (tertiary/aromatic N) is 1. The summed E-state index contributed by atoms with van der Waals surface area (Å²) in [4.78, 5) is 27.1. The molecule has 25 heavy (non-hydrogen) atoms. The molecule has 1 aromatic heterocycles. The van der Waals surface area contributed by atoms with E-state index in [0.29, 0.717) is 10.8 Å². The number of benzene rings is 1. The van der Waals surface area contributed by atoms with Crippen LogP contribution in [0.3, 0.4) is 0 Å². The average molecular weight is 361 g/mol. The van der Waals surface area contributed by atoms with Crippen LogP contribution in [0.1, 0.15) is 39.0 Å². The number of hydrogen-bond acceptors (Lipinski definition) is 5. The molecule has 0 spiro atoms. The van der Waals surface area contributed by atoms with Crippen molar-refractivity contribution in [2.75, 3.05) is 10.6 Å². The van der Waals surface area contributed by atoms with Gasteiger partial charge in [-0.15, -0.1) is 11.3 Å². The molecular formula is C18H23N3O3S. The number of carbonyl (C=O) groups excluding carboxylic acids is 2. The molecule has 0 atom stereocenters. The molecule has 1 aromatic carbocycles. The van der Waals surface area contributed by atoms with Gasteiger partial charge in [-0.3, -0.25) is 10.1 Å². The zero-order chi connectivity index (χ0) is 18.4. The van der Waals surface area contributed by atoms with Gasteiger partial charge >= 0.3 is 6.09 Å². The number of nitrogens with one attached hydrogen (secondary N) is 2. The Labute approximate surface area is 151 Å². The van der Waals surface area contributed by atoms with Gasteiger partial charge in [0.05, 0.1) is 5.69 Å². The first-order chi connectivity index (χ1) is 11.7. The summed E-state index contributed by atoms with van der Waals surface area (Å²) in [6.07, 6.45) is 1.15. The number of aryl methyl sites for hydroxylation is 2. The highest BCUT2D eigenvalue weighted by molar-refractivity contribution is 7.13. The lowest BCUT2D eigenvalue weighted by Gasteiger charge is -2.19. The lowest BCUT2D eigenvalue weighted by molar-refractivity contribution is -0.114. The van der Waals surface area contributed by atoms with Crippen LogP contribution in [0.25, 0.3) is 0 Å². The van der Waals surface area contributed by atoms with Gasteiger partial charge < -0.3 is 10.1 Å². The SMILES string of the molecule is CC(=O)Nc1nc(CCc2ccc(NC(=O)OC(C)(C)C)cc2)cs1. The van der Waals surface area contributed by atoms with E-state index < -0.39 is 11.7 Å². The van der Waals surface area contributed by atoms with E-state index in [-0.39, 0.29) is 5.91 Å². The van der Waals surface area contributed by atoms with Crippen LogP contribution in [-0.2, 0) is 22.4 Å². The topological polar surface area (TPSA) is 80.3 Å². The minimum Gasteiger partial charge on any atom is -0.444 e. The molecule has 6 nitrogen and oxygen atoms in total. The van der Waals surface area contributed by atoms with Crippen molar-refractivity contribution < 1.29 is 14.3 Å². The first-order valence-electron chi connectivity index (χ1n) is 8.02. The van der Waals surface area contributed by atoms with Crippen molar-refractivity contribution in [1.82, 2.24) is 4.98 Å². The predicted octanol–water partition coefficient (Wildman–Crippen LogP) is 4.23. The van der Waals surface area contributed by atoms with E-state index in [9.17, 15) is 9.59 Å². The molecule has 134 valence electrons. The molecule has 2 aromatic rings. The lowest BCUT2D eigenvalue weighted by atomic mass is 10.1. The highest BCUT2D eigenvalue weighted by Gasteiger charge is 2.16. The number of carbonyl (C=O) groups is 2. The third kappa shape index (κ3) is 6.93. The van der Waals surface area contributed by atoms with E-state index >= 15 is 0 Å². The molecule has 7 heteroatoms. The summed E-state index contributed by atoms with van der Waals surface area (Å²) >= 11 is 1.42. The van der Waals surface area contributed by atoms with Gasteiger partial charge in [0, 0.05) is 18.0 Å². The van der Waals surface area contributed by atoms with Crippen molar-refractivity contribution in [2.24, 2.45) is 0 Å².